The third-order valence-electron chi connectivity index (χ3n) is 2.85. The molecule has 0 spiro atoms. The highest BCUT2D eigenvalue weighted by Gasteiger charge is 2.27. The van der Waals surface area contributed by atoms with E-state index < -0.39 is 0 Å². The molecule has 0 saturated carbocycles. The average Bonchev–Trinajstić information content (AvgIpc) is 2.67. The van der Waals surface area contributed by atoms with E-state index >= 15 is 0 Å². The number of aromatic nitrogens is 1. The first-order valence-electron chi connectivity index (χ1n) is 5.17. The summed E-state index contributed by atoms with van der Waals surface area (Å²) >= 11 is 0. The van der Waals surface area contributed by atoms with E-state index in [9.17, 15) is 4.79 Å². The van der Waals surface area contributed by atoms with Crippen LogP contribution in [0.1, 0.15) is 31.4 Å². The maximum Gasteiger partial charge on any atom is 0.219 e. The Balaban J connectivity index is 2.22. The summed E-state index contributed by atoms with van der Waals surface area (Å²) < 4.78 is 0. The lowest BCUT2D eigenvalue weighted by Crippen LogP contribution is -2.28. The molecular formula is C11H15N3O. The van der Waals surface area contributed by atoms with Gasteiger partial charge in [0.05, 0.1) is 6.04 Å². The molecule has 1 saturated heterocycles. The first-order valence-corrected chi connectivity index (χ1v) is 5.17. The van der Waals surface area contributed by atoms with Crippen LogP contribution in [0.15, 0.2) is 18.3 Å². The van der Waals surface area contributed by atoms with Crippen LogP contribution >= 0.6 is 0 Å². The van der Waals surface area contributed by atoms with Crippen LogP contribution in [0.3, 0.4) is 0 Å². The highest BCUT2D eigenvalue weighted by molar-refractivity contribution is 5.74. The zero-order chi connectivity index (χ0) is 10.8. The highest BCUT2D eigenvalue weighted by Crippen LogP contribution is 2.31. The van der Waals surface area contributed by atoms with E-state index in [1.54, 1.807) is 19.2 Å². The highest BCUT2D eigenvalue weighted by atomic mass is 16.2. The molecule has 0 bridgehead atoms. The summed E-state index contributed by atoms with van der Waals surface area (Å²) in [5, 5.41) is 0. The van der Waals surface area contributed by atoms with Gasteiger partial charge in [-0.25, -0.2) is 4.98 Å². The summed E-state index contributed by atoms with van der Waals surface area (Å²) in [5.74, 6) is 0.653. The third kappa shape index (κ3) is 1.93. The first kappa shape index (κ1) is 9.96. The summed E-state index contributed by atoms with van der Waals surface area (Å²) in [5.41, 5.74) is 6.61. The van der Waals surface area contributed by atoms with Crippen LogP contribution < -0.4 is 5.73 Å². The van der Waals surface area contributed by atoms with Gasteiger partial charge in [-0.05, 0) is 24.5 Å². The predicted molar refractivity (Wildman–Crippen MR) is 58.0 cm³/mol. The van der Waals surface area contributed by atoms with Crippen molar-refractivity contribution in [1.82, 2.24) is 9.88 Å². The number of amides is 1. The third-order valence-corrected chi connectivity index (χ3v) is 2.85. The smallest absolute Gasteiger partial charge is 0.219 e. The Morgan fingerprint density at radius 3 is 3.00 bits per heavy atom. The molecule has 0 aliphatic carbocycles. The van der Waals surface area contributed by atoms with Crippen LogP contribution in [0.2, 0.25) is 0 Å². The van der Waals surface area contributed by atoms with Gasteiger partial charge < -0.3 is 10.6 Å². The molecule has 1 atom stereocenters. The van der Waals surface area contributed by atoms with E-state index in [4.69, 9.17) is 5.73 Å². The lowest BCUT2D eigenvalue weighted by molar-refractivity contribution is -0.129. The molecule has 4 heteroatoms. The monoisotopic (exact) mass is 205 g/mol. The fraction of sp³-hybridized carbons (Fsp3) is 0.455. The van der Waals surface area contributed by atoms with Crippen LogP contribution in [-0.2, 0) is 4.79 Å². The molecule has 15 heavy (non-hydrogen) atoms. The maximum absolute atomic E-state index is 11.4. The SMILES string of the molecule is CC(=O)N1CCCC1c1ccc(N)nc1. The molecule has 1 amide bonds. The van der Waals surface area contributed by atoms with Crippen molar-refractivity contribution in [2.75, 3.05) is 12.3 Å². The molecular weight excluding hydrogens is 190 g/mol. The van der Waals surface area contributed by atoms with E-state index in [1.165, 1.54) is 0 Å². The van der Waals surface area contributed by atoms with E-state index in [2.05, 4.69) is 4.98 Å². The predicted octanol–water partition coefficient (Wildman–Crippen LogP) is 1.35. The molecule has 2 heterocycles. The minimum absolute atomic E-state index is 0.134. The molecule has 0 aromatic carbocycles. The van der Waals surface area contributed by atoms with Crippen LogP contribution in [0, 0.1) is 0 Å². The number of nitrogens with zero attached hydrogens (tertiary/aromatic N) is 2. The zero-order valence-electron chi connectivity index (χ0n) is 8.81. The Labute approximate surface area is 89.1 Å². The van der Waals surface area contributed by atoms with E-state index in [1.807, 2.05) is 11.0 Å². The molecule has 2 rings (SSSR count). The van der Waals surface area contributed by atoms with Crippen molar-refractivity contribution >= 4 is 11.7 Å². The largest absolute Gasteiger partial charge is 0.384 e. The fourth-order valence-corrected chi connectivity index (χ4v) is 2.10. The van der Waals surface area contributed by atoms with Gasteiger partial charge in [0.2, 0.25) is 5.91 Å². The number of rotatable bonds is 1. The number of nitrogen functional groups attached to an aromatic ring is 1. The van der Waals surface area contributed by atoms with Crippen molar-refractivity contribution in [2.24, 2.45) is 0 Å². The van der Waals surface area contributed by atoms with Gasteiger partial charge in [0.25, 0.3) is 0 Å². The number of nitrogens with two attached hydrogens (primary N) is 1. The number of hydrogen-bond donors (Lipinski definition) is 1. The number of hydrogen-bond acceptors (Lipinski definition) is 3. The lowest BCUT2D eigenvalue weighted by atomic mass is 10.1. The van der Waals surface area contributed by atoms with Gasteiger partial charge in [-0.1, -0.05) is 6.07 Å². The standard InChI is InChI=1S/C11H15N3O/c1-8(15)14-6-2-3-10(14)9-4-5-11(12)13-7-9/h4-5,7,10H,2-3,6H2,1H3,(H2,12,13). The molecule has 0 radical (unpaired) electrons. The molecule has 1 aliphatic heterocycles. The zero-order valence-corrected chi connectivity index (χ0v) is 8.81. The molecule has 1 aliphatic rings. The molecule has 1 aromatic heterocycles. The Hall–Kier alpha value is -1.58. The molecule has 1 fully saturated rings. The molecule has 2 N–H and O–H groups in total. The van der Waals surface area contributed by atoms with Crippen LogP contribution in [0.4, 0.5) is 5.82 Å². The summed E-state index contributed by atoms with van der Waals surface area (Å²) in [6.07, 6.45) is 3.85. The summed E-state index contributed by atoms with van der Waals surface area (Å²) in [6, 6.07) is 3.93. The Kier molecular flexibility index (Phi) is 2.58. The van der Waals surface area contributed by atoms with E-state index in [-0.39, 0.29) is 11.9 Å². The lowest BCUT2D eigenvalue weighted by Gasteiger charge is -2.23. The van der Waals surface area contributed by atoms with Crippen LogP contribution in [-0.4, -0.2) is 22.3 Å². The average molecular weight is 205 g/mol. The number of likely N-dealkylation sites (tertiary alicyclic amines) is 1. The van der Waals surface area contributed by atoms with Gasteiger partial charge in [0.15, 0.2) is 0 Å². The number of pyridine rings is 1. The number of anilines is 1. The first-order chi connectivity index (χ1) is 7.18. The van der Waals surface area contributed by atoms with Gasteiger partial charge in [-0.2, -0.15) is 0 Å². The number of carbonyl (C=O) groups is 1. The van der Waals surface area contributed by atoms with E-state index in [0.29, 0.717) is 5.82 Å². The Bertz CT molecular complexity index is 361. The summed E-state index contributed by atoms with van der Waals surface area (Å²) in [4.78, 5) is 17.3. The molecule has 1 aromatic rings. The van der Waals surface area contributed by atoms with E-state index in [0.717, 1.165) is 24.9 Å². The van der Waals surface area contributed by atoms with Gasteiger partial charge in [0.1, 0.15) is 5.82 Å². The van der Waals surface area contributed by atoms with Gasteiger partial charge in [-0.15, -0.1) is 0 Å². The van der Waals surface area contributed by atoms with Crippen molar-refractivity contribution in [3.05, 3.63) is 23.9 Å². The second-order valence-electron chi connectivity index (χ2n) is 3.89. The summed E-state index contributed by atoms with van der Waals surface area (Å²) in [7, 11) is 0. The second-order valence-corrected chi connectivity index (χ2v) is 3.89. The van der Waals surface area contributed by atoms with Crippen LogP contribution in [0.25, 0.3) is 0 Å². The van der Waals surface area contributed by atoms with Gasteiger partial charge in [-0.3, -0.25) is 4.79 Å². The van der Waals surface area contributed by atoms with Gasteiger partial charge in [0, 0.05) is 19.7 Å². The van der Waals surface area contributed by atoms with Crippen molar-refractivity contribution < 1.29 is 4.79 Å². The van der Waals surface area contributed by atoms with Crippen molar-refractivity contribution in [3.8, 4) is 0 Å². The molecule has 1 unspecified atom stereocenters. The topological polar surface area (TPSA) is 59.2 Å². The quantitative estimate of drug-likeness (QED) is 0.752. The fourth-order valence-electron chi connectivity index (χ4n) is 2.10. The molecule has 80 valence electrons. The minimum atomic E-state index is 0.134. The minimum Gasteiger partial charge on any atom is -0.384 e. The van der Waals surface area contributed by atoms with Crippen molar-refractivity contribution in [2.45, 2.75) is 25.8 Å². The van der Waals surface area contributed by atoms with Crippen LogP contribution in [0.5, 0.6) is 0 Å². The Morgan fingerprint density at radius 2 is 2.40 bits per heavy atom. The van der Waals surface area contributed by atoms with Gasteiger partial charge >= 0.3 is 0 Å². The van der Waals surface area contributed by atoms with Crippen molar-refractivity contribution in [3.63, 3.8) is 0 Å². The summed E-state index contributed by atoms with van der Waals surface area (Å²) in [6.45, 7) is 2.47. The maximum atomic E-state index is 11.4. The molecule has 4 nitrogen and oxygen atoms in total. The second kappa shape index (κ2) is 3.88. The number of carbonyl (C=O) groups excluding carboxylic acids is 1. The Morgan fingerprint density at radius 1 is 1.60 bits per heavy atom. The van der Waals surface area contributed by atoms with Crippen molar-refractivity contribution in [1.29, 1.82) is 0 Å². The normalized spacial score (nSPS) is 20.6.